The first-order valence-corrected chi connectivity index (χ1v) is 9.27. The standard InChI is InChI=1S/C16H24N2O3S/c1-3-5-16(19)17-14-7-9-15(10-8-14)22(20,21)18-11-4-6-13(2)12-18/h7-10,13H,3-6,11-12H2,1-2H3,(H,17,19)/t13-/m1/s1. The summed E-state index contributed by atoms with van der Waals surface area (Å²) in [5, 5.41) is 2.76. The van der Waals surface area contributed by atoms with E-state index in [-0.39, 0.29) is 10.8 Å². The van der Waals surface area contributed by atoms with Crippen LogP contribution in [0, 0.1) is 5.92 Å². The van der Waals surface area contributed by atoms with Crippen LogP contribution in [-0.2, 0) is 14.8 Å². The number of hydrogen-bond acceptors (Lipinski definition) is 3. The minimum atomic E-state index is -3.43. The molecule has 0 spiro atoms. The normalized spacial score (nSPS) is 19.8. The number of carbonyl (C=O) groups excluding carboxylic acids is 1. The Kier molecular flexibility index (Phi) is 5.58. The Hall–Kier alpha value is -1.40. The third-order valence-electron chi connectivity index (χ3n) is 3.87. The highest BCUT2D eigenvalue weighted by molar-refractivity contribution is 7.89. The van der Waals surface area contributed by atoms with Gasteiger partial charge < -0.3 is 5.32 Å². The van der Waals surface area contributed by atoms with Gasteiger partial charge in [0.05, 0.1) is 4.90 Å². The minimum Gasteiger partial charge on any atom is -0.326 e. The van der Waals surface area contributed by atoms with Gasteiger partial charge in [-0.3, -0.25) is 4.79 Å². The van der Waals surface area contributed by atoms with Gasteiger partial charge in [-0.1, -0.05) is 13.8 Å². The Bertz CT molecular complexity index is 611. The Morgan fingerprint density at radius 3 is 2.59 bits per heavy atom. The monoisotopic (exact) mass is 324 g/mol. The topological polar surface area (TPSA) is 66.5 Å². The first kappa shape index (κ1) is 17.0. The van der Waals surface area contributed by atoms with Crippen LogP contribution in [0.1, 0.15) is 39.5 Å². The smallest absolute Gasteiger partial charge is 0.243 e. The number of rotatable bonds is 5. The van der Waals surface area contributed by atoms with E-state index in [9.17, 15) is 13.2 Å². The van der Waals surface area contributed by atoms with Crippen LogP contribution in [0.4, 0.5) is 5.69 Å². The molecule has 2 rings (SSSR count). The van der Waals surface area contributed by atoms with Gasteiger partial charge >= 0.3 is 0 Å². The summed E-state index contributed by atoms with van der Waals surface area (Å²) in [6.45, 7) is 5.18. The minimum absolute atomic E-state index is 0.0528. The molecule has 0 aliphatic carbocycles. The molecule has 1 N–H and O–H groups in total. The van der Waals surface area contributed by atoms with Gasteiger partial charge in [-0.25, -0.2) is 8.42 Å². The molecule has 0 saturated carbocycles. The Morgan fingerprint density at radius 2 is 2.00 bits per heavy atom. The second-order valence-electron chi connectivity index (χ2n) is 5.93. The van der Waals surface area contributed by atoms with Crippen molar-refractivity contribution in [3.63, 3.8) is 0 Å². The lowest BCUT2D eigenvalue weighted by Crippen LogP contribution is -2.39. The highest BCUT2D eigenvalue weighted by atomic mass is 32.2. The maximum atomic E-state index is 12.6. The lowest BCUT2D eigenvalue weighted by Gasteiger charge is -2.30. The third kappa shape index (κ3) is 4.08. The van der Waals surface area contributed by atoms with Crippen LogP contribution < -0.4 is 5.32 Å². The lowest BCUT2D eigenvalue weighted by atomic mass is 10.0. The summed E-state index contributed by atoms with van der Waals surface area (Å²) >= 11 is 0. The van der Waals surface area contributed by atoms with Crippen LogP contribution in [0.25, 0.3) is 0 Å². The number of nitrogens with one attached hydrogen (secondary N) is 1. The molecular formula is C16H24N2O3S. The van der Waals surface area contributed by atoms with Gasteiger partial charge in [-0.05, 0) is 49.4 Å². The summed E-state index contributed by atoms with van der Waals surface area (Å²) < 4.78 is 26.8. The molecule has 22 heavy (non-hydrogen) atoms. The van der Waals surface area contributed by atoms with Crippen LogP contribution in [0.3, 0.4) is 0 Å². The van der Waals surface area contributed by atoms with Crippen molar-refractivity contribution in [2.24, 2.45) is 5.92 Å². The molecule has 1 fully saturated rings. The fraction of sp³-hybridized carbons (Fsp3) is 0.562. The number of nitrogens with zero attached hydrogens (tertiary/aromatic N) is 1. The zero-order valence-corrected chi connectivity index (χ0v) is 14.0. The van der Waals surface area contributed by atoms with Crippen LogP contribution in [0.5, 0.6) is 0 Å². The molecule has 0 bridgehead atoms. The Morgan fingerprint density at radius 1 is 1.32 bits per heavy atom. The van der Waals surface area contributed by atoms with Crippen LogP contribution in [0.15, 0.2) is 29.2 Å². The predicted molar refractivity (Wildman–Crippen MR) is 87.1 cm³/mol. The van der Waals surface area contributed by atoms with E-state index in [4.69, 9.17) is 0 Å². The van der Waals surface area contributed by atoms with E-state index in [1.165, 1.54) is 0 Å². The number of amides is 1. The quantitative estimate of drug-likeness (QED) is 0.905. The first-order valence-electron chi connectivity index (χ1n) is 7.83. The van der Waals surface area contributed by atoms with Gasteiger partial charge in [-0.15, -0.1) is 0 Å². The summed E-state index contributed by atoms with van der Waals surface area (Å²) in [6, 6.07) is 6.42. The highest BCUT2D eigenvalue weighted by Crippen LogP contribution is 2.24. The molecule has 0 aromatic heterocycles. The third-order valence-corrected chi connectivity index (χ3v) is 5.75. The molecule has 0 radical (unpaired) electrons. The molecule has 122 valence electrons. The Labute approximate surface area is 132 Å². The van der Waals surface area contributed by atoms with E-state index in [1.807, 2.05) is 6.92 Å². The van der Waals surface area contributed by atoms with E-state index in [0.29, 0.717) is 31.1 Å². The van der Waals surface area contributed by atoms with Crippen molar-refractivity contribution >= 4 is 21.6 Å². The number of anilines is 1. The number of carbonyl (C=O) groups is 1. The summed E-state index contributed by atoms with van der Waals surface area (Å²) in [7, 11) is -3.43. The van der Waals surface area contributed by atoms with Crippen molar-refractivity contribution < 1.29 is 13.2 Å². The maximum absolute atomic E-state index is 12.6. The van der Waals surface area contributed by atoms with Gasteiger partial charge in [0.25, 0.3) is 0 Å². The molecule has 1 aliphatic heterocycles. The van der Waals surface area contributed by atoms with Gasteiger partial charge in [-0.2, -0.15) is 4.31 Å². The molecule has 1 heterocycles. The van der Waals surface area contributed by atoms with Crippen molar-refractivity contribution in [3.05, 3.63) is 24.3 Å². The fourth-order valence-corrected chi connectivity index (χ4v) is 4.27. The zero-order valence-electron chi connectivity index (χ0n) is 13.2. The van der Waals surface area contributed by atoms with Crippen molar-refractivity contribution in [1.29, 1.82) is 0 Å². The molecule has 1 aliphatic rings. The van der Waals surface area contributed by atoms with Gasteiger partial charge in [0.2, 0.25) is 15.9 Å². The first-order chi connectivity index (χ1) is 10.4. The van der Waals surface area contributed by atoms with Crippen LogP contribution >= 0.6 is 0 Å². The molecule has 1 atom stereocenters. The van der Waals surface area contributed by atoms with Crippen LogP contribution in [0.2, 0.25) is 0 Å². The van der Waals surface area contributed by atoms with E-state index in [1.54, 1.807) is 28.6 Å². The van der Waals surface area contributed by atoms with E-state index >= 15 is 0 Å². The SMILES string of the molecule is CCCC(=O)Nc1ccc(S(=O)(=O)N2CCC[C@@H](C)C2)cc1. The Balaban J connectivity index is 2.10. The van der Waals surface area contributed by atoms with Gasteiger partial charge in [0.1, 0.15) is 0 Å². The van der Waals surface area contributed by atoms with Crippen molar-refractivity contribution in [1.82, 2.24) is 4.31 Å². The molecule has 1 amide bonds. The highest BCUT2D eigenvalue weighted by Gasteiger charge is 2.28. The fourth-order valence-electron chi connectivity index (χ4n) is 2.67. The number of benzene rings is 1. The molecule has 1 saturated heterocycles. The van der Waals surface area contributed by atoms with E-state index in [2.05, 4.69) is 12.2 Å². The average molecular weight is 324 g/mol. The number of piperidine rings is 1. The summed E-state index contributed by atoms with van der Waals surface area (Å²) in [5.74, 6) is 0.346. The molecular weight excluding hydrogens is 300 g/mol. The van der Waals surface area contributed by atoms with Crippen LogP contribution in [-0.4, -0.2) is 31.7 Å². The van der Waals surface area contributed by atoms with Crippen molar-refractivity contribution in [2.75, 3.05) is 18.4 Å². The number of sulfonamides is 1. The maximum Gasteiger partial charge on any atom is 0.243 e. The summed E-state index contributed by atoms with van der Waals surface area (Å²) in [5.41, 5.74) is 0.629. The summed E-state index contributed by atoms with van der Waals surface area (Å²) in [6.07, 6.45) is 3.23. The molecule has 5 nitrogen and oxygen atoms in total. The molecule has 1 aromatic carbocycles. The van der Waals surface area contributed by atoms with Crippen molar-refractivity contribution in [2.45, 2.75) is 44.4 Å². The predicted octanol–water partition coefficient (Wildman–Crippen LogP) is 2.85. The van der Waals surface area contributed by atoms with Gasteiger partial charge in [0.15, 0.2) is 0 Å². The lowest BCUT2D eigenvalue weighted by molar-refractivity contribution is -0.116. The molecule has 1 aromatic rings. The second-order valence-corrected chi connectivity index (χ2v) is 7.87. The van der Waals surface area contributed by atoms with E-state index < -0.39 is 10.0 Å². The second kappa shape index (κ2) is 7.24. The average Bonchev–Trinajstić information content (AvgIpc) is 2.48. The zero-order chi connectivity index (χ0) is 16.2. The van der Waals surface area contributed by atoms with Gasteiger partial charge in [0, 0.05) is 25.2 Å². The molecule has 6 heteroatoms. The van der Waals surface area contributed by atoms with Crippen molar-refractivity contribution in [3.8, 4) is 0 Å². The number of hydrogen-bond donors (Lipinski definition) is 1. The molecule has 0 unspecified atom stereocenters. The van der Waals surface area contributed by atoms with E-state index in [0.717, 1.165) is 19.3 Å². The largest absolute Gasteiger partial charge is 0.326 e. The summed E-state index contributed by atoms with van der Waals surface area (Å²) in [4.78, 5) is 11.8.